The molecular formula is C18H29N3O. The number of hydrogen-bond donors (Lipinski definition) is 1. The van der Waals surface area contributed by atoms with Gasteiger partial charge in [-0.1, -0.05) is 37.3 Å². The van der Waals surface area contributed by atoms with Gasteiger partial charge in [-0.2, -0.15) is 0 Å². The van der Waals surface area contributed by atoms with Gasteiger partial charge in [0.15, 0.2) is 0 Å². The molecule has 1 aromatic carbocycles. The summed E-state index contributed by atoms with van der Waals surface area (Å²) in [6, 6.07) is 10.5. The normalized spacial score (nSPS) is 21.5. The number of nitrogens with two attached hydrogens (primary N) is 1. The molecular weight excluding hydrogens is 274 g/mol. The minimum absolute atomic E-state index is 0.0897. The molecule has 1 aliphatic heterocycles. The first-order valence-corrected chi connectivity index (χ1v) is 8.24. The Kier molecular flexibility index (Phi) is 5.98. The third kappa shape index (κ3) is 4.55. The van der Waals surface area contributed by atoms with E-state index in [1.807, 2.05) is 25.8 Å². The van der Waals surface area contributed by atoms with Crippen LogP contribution in [-0.2, 0) is 11.3 Å². The summed E-state index contributed by atoms with van der Waals surface area (Å²) in [5, 5.41) is 0. The Labute approximate surface area is 134 Å². The van der Waals surface area contributed by atoms with Crippen molar-refractivity contribution in [3.63, 3.8) is 0 Å². The largest absolute Gasteiger partial charge is 0.345 e. The Hall–Kier alpha value is -1.39. The Morgan fingerprint density at radius 2 is 2.05 bits per heavy atom. The van der Waals surface area contributed by atoms with Crippen LogP contribution in [0.15, 0.2) is 30.3 Å². The van der Waals surface area contributed by atoms with Gasteiger partial charge in [-0.25, -0.2) is 0 Å². The van der Waals surface area contributed by atoms with Crippen molar-refractivity contribution in [3.05, 3.63) is 35.9 Å². The zero-order chi connectivity index (χ0) is 16.1. The summed E-state index contributed by atoms with van der Waals surface area (Å²) in [6.45, 7) is 7.84. The Bertz CT molecular complexity index is 474. The molecule has 0 aromatic heterocycles. The van der Waals surface area contributed by atoms with Crippen molar-refractivity contribution in [1.82, 2.24) is 9.80 Å². The first-order chi connectivity index (χ1) is 10.5. The number of likely N-dealkylation sites (tertiary alicyclic amines) is 1. The Morgan fingerprint density at radius 1 is 1.36 bits per heavy atom. The fourth-order valence-corrected chi connectivity index (χ4v) is 3.10. The first kappa shape index (κ1) is 17.0. The Balaban J connectivity index is 1.80. The van der Waals surface area contributed by atoms with Crippen LogP contribution in [0.4, 0.5) is 0 Å². The molecule has 1 fully saturated rings. The van der Waals surface area contributed by atoms with Crippen molar-refractivity contribution in [2.75, 3.05) is 26.7 Å². The maximum Gasteiger partial charge on any atom is 0.226 e. The smallest absolute Gasteiger partial charge is 0.226 e. The highest BCUT2D eigenvalue weighted by Crippen LogP contribution is 2.20. The highest BCUT2D eigenvalue weighted by atomic mass is 16.2. The Morgan fingerprint density at radius 3 is 2.68 bits per heavy atom. The summed E-state index contributed by atoms with van der Waals surface area (Å²) in [6.07, 6.45) is 1.16. The van der Waals surface area contributed by atoms with Crippen molar-refractivity contribution in [2.24, 2.45) is 17.6 Å². The molecule has 0 radical (unpaired) electrons. The third-order valence-electron chi connectivity index (χ3n) is 4.71. The molecule has 122 valence electrons. The molecule has 0 aliphatic carbocycles. The lowest BCUT2D eigenvalue weighted by Gasteiger charge is -2.26. The molecule has 1 heterocycles. The van der Waals surface area contributed by atoms with Crippen molar-refractivity contribution in [1.29, 1.82) is 0 Å². The van der Waals surface area contributed by atoms with Gasteiger partial charge in [0, 0.05) is 32.7 Å². The molecule has 4 heteroatoms. The predicted octanol–water partition coefficient (Wildman–Crippen LogP) is 1.95. The minimum Gasteiger partial charge on any atom is -0.345 e. The molecule has 1 saturated heterocycles. The maximum absolute atomic E-state index is 12.3. The number of amides is 1. The number of benzene rings is 1. The third-order valence-corrected chi connectivity index (χ3v) is 4.71. The lowest BCUT2D eigenvalue weighted by Crippen LogP contribution is -2.42. The summed E-state index contributed by atoms with van der Waals surface area (Å²) in [5.74, 6) is 0.626. The molecule has 1 aromatic rings. The fourth-order valence-electron chi connectivity index (χ4n) is 3.10. The van der Waals surface area contributed by atoms with Crippen LogP contribution in [0.1, 0.15) is 25.8 Å². The molecule has 2 N–H and O–H groups in total. The molecule has 3 atom stereocenters. The number of nitrogens with zero attached hydrogens (tertiary/aromatic N) is 2. The van der Waals surface area contributed by atoms with E-state index in [0.29, 0.717) is 5.92 Å². The van der Waals surface area contributed by atoms with E-state index < -0.39 is 0 Å². The SMILES string of the molecule is CC(N)C(C)C(=O)N(C)CC1CCN(Cc2ccccc2)C1. The second-order valence-electron chi connectivity index (χ2n) is 6.74. The summed E-state index contributed by atoms with van der Waals surface area (Å²) in [5.41, 5.74) is 7.19. The molecule has 3 unspecified atom stereocenters. The maximum atomic E-state index is 12.3. The van der Waals surface area contributed by atoms with Crippen LogP contribution in [0, 0.1) is 11.8 Å². The average Bonchev–Trinajstić information content (AvgIpc) is 2.93. The van der Waals surface area contributed by atoms with Crippen LogP contribution in [0.2, 0.25) is 0 Å². The molecule has 22 heavy (non-hydrogen) atoms. The number of rotatable bonds is 6. The average molecular weight is 303 g/mol. The molecule has 0 spiro atoms. The van der Waals surface area contributed by atoms with Gasteiger partial charge in [0.25, 0.3) is 0 Å². The van der Waals surface area contributed by atoms with E-state index in [-0.39, 0.29) is 17.9 Å². The zero-order valence-corrected chi connectivity index (χ0v) is 14.0. The second-order valence-corrected chi connectivity index (χ2v) is 6.74. The van der Waals surface area contributed by atoms with Crippen molar-refractivity contribution < 1.29 is 4.79 Å². The number of carbonyl (C=O) groups is 1. The minimum atomic E-state index is -0.105. The van der Waals surface area contributed by atoms with Crippen LogP contribution in [-0.4, -0.2) is 48.4 Å². The number of carbonyl (C=O) groups excluding carboxylic acids is 1. The van der Waals surface area contributed by atoms with E-state index in [1.54, 1.807) is 0 Å². The van der Waals surface area contributed by atoms with Crippen LogP contribution in [0.5, 0.6) is 0 Å². The lowest BCUT2D eigenvalue weighted by atomic mass is 10.0. The lowest BCUT2D eigenvalue weighted by molar-refractivity contribution is -0.134. The summed E-state index contributed by atoms with van der Waals surface area (Å²) in [7, 11) is 1.90. The summed E-state index contributed by atoms with van der Waals surface area (Å²) >= 11 is 0. The van der Waals surface area contributed by atoms with E-state index >= 15 is 0 Å². The predicted molar refractivity (Wildman–Crippen MR) is 90.3 cm³/mol. The van der Waals surface area contributed by atoms with Crippen molar-refractivity contribution in [3.8, 4) is 0 Å². The van der Waals surface area contributed by atoms with Gasteiger partial charge in [-0.05, 0) is 31.4 Å². The van der Waals surface area contributed by atoms with Gasteiger partial charge in [0.2, 0.25) is 5.91 Å². The van der Waals surface area contributed by atoms with Crippen LogP contribution in [0.25, 0.3) is 0 Å². The van der Waals surface area contributed by atoms with Gasteiger partial charge >= 0.3 is 0 Å². The fraction of sp³-hybridized carbons (Fsp3) is 0.611. The van der Waals surface area contributed by atoms with Gasteiger partial charge in [0.1, 0.15) is 0 Å². The summed E-state index contributed by atoms with van der Waals surface area (Å²) < 4.78 is 0. The molecule has 0 bridgehead atoms. The molecule has 1 amide bonds. The van der Waals surface area contributed by atoms with Crippen molar-refractivity contribution >= 4 is 5.91 Å². The second kappa shape index (κ2) is 7.75. The molecule has 1 aliphatic rings. The number of hydrogen-bond acceptors (Lipinski definition) is 3. The highest BCUT2D eigenvalue weighted by molar-refractivity contribution is 5.78. The summed E-state index contributed by atoms with van der Waals surface area (Å²) in [4.78, 5) is 16.6. The molecule has 0 saturated carbocycles. The van der Waals surface area contributed by atoms with Gasteiger partial charge in [-0.15, -0.1) is 0 Å². The van der Waals surface area contributed by atoms with Crippen molar-refractivity contribution in [2.45, 2.75) is 32.9 Å². The topological polar surface area (TPSA) is 49.6 Å². The molecule has 4 nitrogen and oxygen atoms in total. The highest BCUT2D eigenvalue weighted by Gasteiger charge is 2.27. The van der Waals surface area contributed by atoms with Crippen LogP contribution < -0.4 is 5.73 Å². The van der Waals surface area contributed by atoms with E-state index in [1.165, 1.54) is 5.56 Å². The van der Waals surface area contributed by atoms with Crippen LogP contribution >= 0.6 is 0 Å². The molecule has 2 rings (SSSR count). The quantitative estimate of drug-likeness (QED) is 0.874. The van der Waals surface area contributed by atoms with Gasteiger partial charge < -0.3 is 10.6 Å². The van der Waals surface area contributed by atoms with Crippen LogP contribution in [0.3, 0.4) is 0 Å². The van der Waals surface area contributed by atoms with E-state index in [2.05, 4.69) is 35.2 Å². The first-order valence-electron chi connectivity index (χ1n) is 8.24. The van der Waals surface area contributed by atoms with Gasteiger partial charge in [0.05, 0.1) is 5.92 Å². The van der Waals surface area contributed by atoms with E-state index in [0.717, 1.165) is 32.6 Å². The zero-order valence-electron chi connectivity index (χ0n) is 14.0. The van der Waals surface area contributed by atoms with Gasteiger partial charge in [-0.3, -0.25) is 9.69 Å². The standard InChI is InChI=1S/C18H29N3O/c1-14(15(2)19)18(22)20(3)11-17-9-10-21(13-17)12-16-7-5-4-6-8-16/h4-8,14-15,17H,9-13,19H2,1-3H3. The monoisotopic (exact) mass is 303 g/mol. The van der Waals surface area contributed by atoms with E-state index in [4.69, 9.17) is 5.73 Å². The van der Waals surface area contributed by atoms with E-state index in [9.17, 15) is 4.79 Å².